The van der Waals surface area contributed by atoms with Crippen molar-refractivity contribution in [2.75, 3.05) is 25.0 Å². The summed E-state index contributed by atoms with van der Waals surface area (Å²) in [6.07, 6.45) is -1.23. The van der Waals surface area contributed by atoms with Crippen molar-refractivity contribution >= 4 is 45.1 Å². The maximum absolute atomic E-state index is 13.0. The summed E-state index contributed by atoms with van der Waals surface area (Å²) in [5.41, 5.74) is 2.43. The highest BCUT2D eigenvalue weighted by Gasteiger charge is 2.70. The lowest BCUT2D eigenvalue weighted by Gasteiger charge is -2.35. The molecule has 2 saturated heterocycles. The largest absolute Gasteiger partial charge is 0.485 e. The smallest absolute Gasteiger partial charge is 0.407 e. The number of carbonyl (C=O) groups excluding carboxylic acids is 2. The summed E-state index contributed by atoms with van der Waals surface area (Å²) >= 11 is 6.73. The number of β-lactam (4-membered cyclic amide) rings is 1. The number of sulfone groups is 1. The van der Waals surface area contributed by atoms with E-state index in [4.69, 9.17) is 25.8 Å². The van der Waals surface area contributed by atoms with E-state index in [9.17, 15) is 27.9 Å². The van der Waals surface area contributed by atoms with Crippen molar-refractivity contribution in [3.05, 3.63) is 88.9 Å². The quantitative estimate of drug-likeness (QED) is 0.182. The van der Waals surface area contributed by atoms with Crippen LogP contribution in [-0.2, 0) is 37.4 Å². The molecule has 14 heteroatoms. The zero-order valence-electron chi connectivity index (χ0n) is 24.3. The Bertz CT molecular complexity index is 1670. The molecule has 3 N–H and O–H groups in total. The van der Waals surface area contributed by atoms with E-state index in [1.54, 1.807) is 12.1 Å². The Morgan fingerprint density at radius 2 is 1.60 bits per heavy atom. The first-order chi connectivity index (χ1) is 21.5. The molecule has 0 radical (unpaired) electrons. The minimum atomic E-state index is -4.10. The van der Waals surface area contributed by atoms with E-state index in [-0.39, 0.29) is 31.1 Å². The molecule has 2 aliphatic heterocycles. The number of carboxylic acids is 1. The molecule has 2 aliphatic rings. The number of alkyl carbamates (subject to hydrolysis) is 1. The molecule has 45 heavy (non-hydrogen) atoms. The number of nitrogens with one attached hydrogen (secondary N) is 2. The lowest BCUT2D eigenvalue weighted by atomic mass is 9.97. The predicted molar refractivity (Wildman–Crippen MR) is 165 cm³/mol. The molecule has 2 fully saturated rings. The third-order valence-corrected chi connectivity index (χ3v) is 10.9. The number of amides is 2. The number of fused-ring (bicyclic) bond motifs is 1. The standard InChI is InChI=1S/C31H32ClN3O9S/c1-31(28(29(37)38)35-24(36)16-25(35)45(31,40)41)19-44-30(39)34-15-14-33-22-12-13-23(42-17-20-8-4-2-5-9-20)27(26(22)32)43-18-21-10-6-3-7-11-21/h2-13,25,28,33H,14-19H2,1H3,(H,34,39)(H,37,38). The second-order valence-electron chi connectivity index (χ2n) is 10.8. The molecule has 3 aromatic carbocycles. The monoisotopic (exact) mass is 657 g/mol. The van der Waals surface area contributed by atoms with Gasteiger partial charge in [0.2, 0.25) is 5.91 Å². The van der Waals surface area contributed by atoms with Crippen molar-refractivity contribution in [2.24, 2.45) is 0 Å². The fraction of sp³-hybridized carbons (Fsp3) is 0.323. The Kier molecular flexibility index (Phi) is 9.40. The zero-order chi connectivity index (χ0) is 32.2. The van der Waals surface area contributed by atoms with Crippen molar-refractivity contribution in [3.63, 3.8) is 0 Å². The summed E-state index contributed by atoms with van der Waals surface area (Å²) in [6.45, 7) is 1.26. The van der Waals surface area contributed by atoms with E-state index in [0.29, 0.717) is 23.8 Å². The number of benzene rings is 3. The zero-order valence-corrected chi connectivity index (χ0v) is 25.8. The molecule has 0 saturated carbocycles. The maximum Gasteiger partial charge on any atom is 0.407 e. The highest BCUT2D eigenvalue weighted by Crippen LogP contribution is 2.46. The first kappa shape index (κ1) is 31.9. The number of hydrogen-bond acceptors (Lipinski definition) is 9. The highest BCUT2D eigenvalue weighted by atomic mass is 35.5. The van der Waals surface area contributed by atoms with Gasteiger partial charge in [0.15, 0.2) is 27.4 Å². The van der Waals surface area contributed by atoms with Crippen molar-refractivity contribution in [1.29, 1.82) is 0 Å². The lowest BCUT2D eigenvalue weighted by molar-refractivity contribution is -0.158. The summed E-state index contributed by atoms with van der Waals surface area (Å²) in [5.74, 6) is -1.26. The fourth-order valence-electron chi connectivity index (χ4n) is 5.28. The van der Waals surface area contributed by atoms with Gasteiger partial charge in [0.25, 0.3) is 0 Å². The molecule has 0 aliphatic carbocycles. The van der Waals surface area contributed by atoms with Crippen molar-refractivity contribution in [1.82, 2.24) is 10.2 Å². The fourth-order valence-corrected chi connectivity index (χ4v) is 7.83. The van der Waals surface area contributed by atoms with Gasteiger partial charge in [0.1, 0.15) is 35.0 Å². The topological polar surface area (TPSA) is 161 Å². The third kappa shape index (κ3) is 6.50. The van der Waals surface area contributed by atoms with Crippen molar-refractivity contribution in [3.8, 4) is 11.5 Å². The molecule has 238 valence electrons. The Hall–Kier alpha value is -4.49. The van der Waals surface area contributed by atoms with Crippen LogP contribution in [-0.4, -0.2) is 72.3 Å². The lowest BCUT2D eigenvalue weighted by Crippen LogP contribution is -2.58. The van der Waals surface area contributed by atoms with E-state index in [1.165, 1.54) is 6.92 Å². The van der Waals surface area contributed by atoms with E-state index in [1.807, 2.05) is 60.7 Å². The minimum absolute atomic E-state index is 0.0562. The van der Waals surface area contributed by atoms with E-state index >= 15 is 0 Å². The summed E-state index contributed by atoms with van der Waals surface area (Å²) in [5, 5.41) is 14.3. The number of anilines is 1. The first-order valence-corrected chi connectivity index (χ1v) is 16.0. The third-order valence-electron chi connectivity index (χ3n) is 7.77. The SMILES string of the molecule is CC1(COC(=O)NCCNc2ccc(OCc3ccccc3)c(OCc3ccccc3)c2Cl)C(C(=O)O)N2C(=O)CC2S1(=O)=O. The number of ether oxygens (including phenoxy) is 3. The van der Waals surface area contributed by atoms with Crippen LogP contribution in [0.4, 0.5) is 10.5 Å². The molecule has 0 aromatic heterocycles. The second-order valence-corrected chi connectivity index (χ2v) is 13.7. The van der Waals surface area contributed by atoms with Crippen molar-refractivity contribution in [2.45, 2.75) is 42.7 Å². The summed E-state index contributed by atoms with van der Waals surface area (Å²) < 4.78 is 41.2. The summed E-state index contributed by atoms with van der Waals surface area (Å²) in [7, 11) is -4.10. The van der Waals surface area contributed by atoms with Gasteiger partial charge in [-0.3, -0.25) is 4.79 Å². The van der Waals surface area contributed by atoms with Gasteiger partial charge < -0.3 is 34.9 Å². The van der Waals surface area contributed by atoms with Gasteiger partial charge in [-0.05, 0) is 30.2 Å². The molecule has 0 bridgehead atoms. The minimum Gasteiger partial charge on any atom is -0.485 e. The molecule has 12 nitrogen and oxygen atoms in total. The molecule has 0 spiro atoms. The Morgan fingerprint density at radius 3 is 2.20 bits per heavy atom. The van der Waals surface area contributed by atoms with Crippen LogP contribution in [0.2, 0.25) is 5.02 Å². The van der Waals surface area contributed by atoms with E-state index in [2.05, 4.69) is 10.6 Å². The van der Waals surface area contributed by atoms with Gasteiger partial charge in [0, 0.05) is 13.1 Å². The number of rotatable bonds is 13. The second kappa shape index (κ2) is 13.2. The van der Waals surface area contributed by atoms with Gasteiger partial charge >= 0.3 is 12.1 Å². The number of carbonyl (C=O) groups is 3. The van der Waals surface area contributed by atoms with Crippen LogP contribution >= 0.6 is 11.6 Å². The van der Waals surface area contributed by atoms with Crippen LogP contribution in [0, 0.1) is 0 Å². The summed E-state index contributed by atoms with van der Waals surface area (Å²) in [6, 6.07) is 21.0. The van der Waals surface area contributed by atoms with Crippen LogP contribution in [0.25, 0.3) is 0 Å². The normalized spacial score (nSPS) is 21.3. The first-order valence-electron chi connectivity index (χ1n) is 14.1. The van der Waals surface area contributed by atoms with Crippen LogP contribution < -0.4 is 20.1 Å². The van der Waals surface area contributed by atoms with Gasteiger partial charge in [-0.25, -0.2) is 18.0 Å². The number of carboxylic acid groups (broad SMARTS) is 1. The summed E-state index contributed by atoms with van der Waals surface area (Å²) in [4.78, 5) is 37.1. The van der Waals surface area contributed by atoms with Gasteiger partial charge in [-0.15, -0.1) is 0 Å². The van der Waals surface area contributed by atoms with Crippen molar-refractivity contribution < 1.29 is 42.1 Å². The van der Waals surface area contributed by atoms with Crippen LogP contribution in [0.3, 0.4) is 0 Å². The van der Waals surface area contributed by atoms with Gasteiger partial charge in [0.05, 0.1) is 12.1 Å². The van der Waals surface area contributed by atoms with Gasteiger partial charge in [-0.2, -0.15) is 0 Å². The number of halogens is 1. The van der Waals surface area contributed by atoms with Crippen LogP contribution in [0.5, 0.6) is 11.5 Å². The maximum atomic E-state index is 13.0. The molecule has 2 amide bonds. The average Bonchev–Trinajstić information content (AvgIpc) is 3.17. The highest BCUT2D eigenvalue weighted by molar-refractivity contribution is 7.94. The molecular weight excluding hydrogens is 626 g/mol. The number of nitrogens with zero attached hydrogens (tertiary/aromatic N) is 1. The number of hydrogen-bond donors (Lipinski definition) is 3. The Balaban J connectivity index is 1.18. The molecule has 2 heterocycles. The molecule has 5 rings (SSSR count). The average molecular weight is 658 g/mol. The Morgan fingerprint density at radius 1 is 0.978 bits per heavy atom. The van der Waals surface area contributed by atoms with Gasteiger partial charge in [-0.1, -0.05) is 72.3 Å². The van der Waals surface area contributed by atoms with E-state index in [0.717, 1.165) is 16.0 Å². The molecule has 3 aromatic rings. The molecule has 3 atom stereocenters. The van der Waals surface area contributed by atoms with Crippen LogP contribution in [0.15, 0.2) is 72.8 Å². The van der Waals surface area contributed by atoms with E-state index < -0.39 is 50.6 Å². The number of aliphatic carboxylic acids is 1. The molecular formula is C31H32ClN3O9S. The predicted octanol–water partition coefficient (Wildman–Crippen LogP) is 3.83. The van der Waals surface area contributed by atoms with Crippen LogP contribution in [0.1, 0.15) is 24.5 Å². The Labute approximate surface area is 265 Å². The molecule has 3 unspecified atom stereocenters.